The molecule has 0 aliphatic heterocycles. The van der Waals surface area contributed by atoms with Crippen LogP contribution in [-0.2, 0) is 14.4 Å². The lowest BCUT2D eigenvalue weighted by Gasteiger charge is -2.12. The summed E-state index contributed by atoms with van der Waals surface area (Å²) in [7, 11) is 0. The van der Waals surface area contributed by atoms with Gasteiger partial charge in [-0.25, -0.2) is 0 Å². The van der Waals surface area contributed by atoms with Gasteiger partial charge in [0.25, 0.3) is 0 Å². The maximum atomic E-state index is 11.4. The third-order valence-corrected chi connectivity index (χ3v) is 1.99. The van der Waals surface area contributed by atoms with Crippen molar-refractivity contribution in [3.63, 3.8) is 0 Å². The molecule has 1 aliphatic carbocycles. The fourth-order valence-corrected chi connectivity index (χ4v) is 1.32. The first-order chi connectivity index (χ1) is 6.11. The molecule has 0 unspecified atom stereocenters. The quantitative estimate of drug-likeness (QED) is 0.316. The first kappa shape index (κ1) is 9.58. The van der Waals surface area contributed by atoms with Gasteiger partial charge in [0.1, 0.15) is 0 Å². The molecule has 0 spiro atoms. The molecule has 0 aromatic rings. The minimum Gasteiger partial charge on any atom is -0.294 e. The summed E-state index contributed by atoms with van der Waals surface area (Å²) < 4.78 is 0. The Hall–Kier alpha value is -1.51. The molecule has 0 saturated heterocycles. The van der Waals surface area contributed by atoms with Crippen molar-refractivity contribution < 1.29 is 14.4 Å². The average molecular weight is 178 g/mol. The van der Waals surface area contributed by atoms with Crippen LogP contribution in [0, 0.1) is 0 Å². The Kier molecular flexibility index (Phi) is 2.56. The second kappa shape index (κ2) is 3.47. The van der Waals surface area contributed by atoms with Crippen molar-refractivity contribution >= 4 is 17.3 Å². The van der Waals surface area contributed by atoms with Crippen LogP contribution in [0.2, 0.25) is 0 Å². The molecular weight excluding hydrogens is 168 g/mol. The van der Waals surface area contributed by atoms with Crippen LogP contribution >= 0.6 is 0 Å². The lowest BCUT2D eigenvalue weighted by atomic mass is 9.87. The van der Waals surface area contributed by atoms with Crippen molar-refractivity contribution in [3.8, 4) is 0 Å². The topological polar surface area (TPSA) is 51.2 Å². The maximum Gasteiger partial charge on any atom is 0.199 e. The Balaban J connectivity index is 3.17. The third kappa shape index (κ3) is 1.49. The van der Waals surface area contributed by atoms with E-state index in [-0.39, 0.29) is 29.1 Å². The van der Waals surface area contributed by atoms with Gasteiger partial charge in [-0.1, -0.05) is 12.2 Å². The molecule has 13 heavy (non-hydrogen) atoms. The van der Waals surface area contributed by atoms with Crippen LogP contribution in [0.25, 0.3) is 0 Å². The Morgan fingerprint density at radius 2 is 1.31 bits per heavy atom. The van der Waals surface area contributed by atoms with Gasteiger partial charge in [-0.15, -0.1) is 0 Å². The molecular formula is C10H10O3. The number of carbonyl (C=O) groups excluding carboxylic acids is 3. The molecule has 1 rings (SSSR count). The van der Waals surface area contributed by atoms with Gasteiger partial charge in [-0.05, 0) is 13.8 Å². The average Bonchev–Trinajstić information content (AvgIpc) is 2.04. The van der Waals surface area contributed by atoms with Gasteiger partial charge in [0, 0.05) is 0 Å². The SMILES string of the molecule is CC=C1C(=O)CC(=O)C(=CC)C1=O. The lowest BCUT2D eigenvalue weighted by molar-refractivity contribution is -0.128. The summed E-state index contributed by atoms with van der Waals surface area (Å²) in [5, 5.41) is 0. The van der Waals surface area contributed by atoms with E-state index in [9.17, 15) is 14.4 Å². The minimum atomic E-state index is -0.439. The standard InChI is InChI=1S/C10H10O3/c1-3-6-8(11)5-9(12)7(4-2)10(6)13/h3-4H,5H2,1-2H3. The van der Waals surface area contributed by atoms with Crippen molar-refractivity contribution in [1.82, 2.24) is 0 Å². The van der Waals surface area contributed by atoms with E-state index >= 15 is 0 Å². The normalized spacial score (nSPS) is 24.6. The van der Waals surface area contributed by atoms with Crippen molar-refractivity contribution in [1.29, 1.82) is 0 Å². The fraction of sp³-hybridized carbons (Fsp3) is 0.300. The van der Waals surface area contributed by atoms with Crippen LogP contribution in [0.15, 0.2) is 23.3 Å². The van der Waals surface area contributed by atoms with Gasteiger partial charge in [0.2, 0.25) is 0 Å². The Morgan fingerprint density at radius 3 is 1.62 bits per heavy atom. The van der Waals surface area contributed by atoms with E-state index in [4.69, 9.17) is 0 Å². The fourth-order valence-electron chi connectivity index (χ4n) is 1.32. The highest BCUT2D eigenvalue weighted by Crippen LogP contribution is 2.18. The predicted octanol–water partition coefficient (Wildman–Crippen LogP) is 0.990. The number of allylic oxidation sites excluding steroid dienone is 4. The van der Waals surface area contributed by atoms with Gasteiger partial charge in [-0.2, -0.15) is 0 Å². The summed E-state index contributed by atoms with van der Waals surface area (Å²) in [4.78, 5) is 33.8. The zero-order valence-electron chi connectivity index (χ0n) is 7.59. The molecule has 3 heteroatoms. The second-order valence-corrected chi connectivity index (χ2v) is 2.76. The molecule has 0 aromatic heterocycles. The van der Waals surface area contributed by atoms with Gasteiger partial charge in [0.15, 0.2) is 17.3 Å². The van der Waals surface area contributed by atoms with Crippen molar-refractivity contribution in [2.45, 2.75) is 20.3 Å². The Morgan fingerprint density at radius 1 is 0.923 bits per heavy atom. The van der Waals surface area contributed by atoms with Crippen LogP contribution in [0.5, 0.6) is 0 Å². The highest BCUT2D eigenvalue weighted by Gasteiger charge is 2.32. The van der Waals surface area contributed by atoms with E-state index < -0.39 is 5.78 Å². The number of hydrogen-bond donors (Lipinski definition) is 0. The number of hydrogen-bond acceptors (Lipinski definition) is 3. The lowest BCUT2D eigenvalue weighted by Crippen LogP contribution is -2.28. The maximum absolute atomic E-state index is 11.4. The van der Waals surface area contributed by atoms with E-state index in [0.717, 1.165) is 0 Å². The first-order valence-electron chi connectivity index (χ1n) is 4.05. The number of rotatable bonds is 0. The highest BCUT2D eigenvalue weighted by molar-refractivity contribution is 6.42. The second-order valence-electron chi connectivity index (χ2n) is 2.76. The van der Waals surface area contributed by atoms with E-state index in [1.165, 1.54) is 12.2 Å². The molecule has 1 saturated carbocycles. The monoisotopic (exact) mass is 178 g/mol. The zero-order valence-corrected chi connectivity index (χ0v) is 7.59. The van der Waals surface area contributed by atoms with E-state index in [2.05, 4.69) is 0 Å². The summed E-state index contributed by atoms with van der Waals surface area (Å²) >= 11 is 0. The molecule has 0 aromatic carbocycles. The molecule has 0 amide bonds. The van der Waals surface area contributed by atoms with Crippen molar-refractivity contribution in [2.75, 3.05) is 0 Å². The van der Waals surface area contributed by atoms with Gasteiger partial charge in [-0.3, -0.25) is 14.4 Å². The largest absolute Gasteiger partial charge is 0.294 e. The number of ketones is 3. The Bertz CT molecular complexity index is 313. The molecule has 0 radical (unpaired) electrons. The number of carbonyl (C=O) groups is 3. The summed E-state index contributed by atoms with van der Waals surface area (Å²) in [6.07, 6.45) is 2.74. The molecule has 3 nitrogen and oxygen atoms in total. The van der Waals surface area contributed by atoms with Crippen molar-refractivity contribution in [2.24, 2.45) is 0 Å². The van der Waals surface area contributed by atoms with Crippen LogP contribution in [0.3, 0.4) is 0 Å². The predicted molar refractivity (Wildman–Crippen MR) is 47.2 cm³/mol. The van der Waals surface area contributed by atoms with Gasteiger partial charge in [0.05, 0.1) is 17.6 Å². The molecule has 0 heterocycles. The van der Waals surface area contributed by atoms with Crippen LogP contribution in [0.1, 0.15) is 20.3 Å². The van der Waals surface area contributed by atoms with Crippen molar-refractivity contribution in [3.05, 3.63) is 23.3 Å². The van der Waals surface area contributed by atoms with Gasteiger partial charge < -0.3 is 0 Å². The van der Waals surface area contributed by atoms with Crippen LogP contribution < -0.4 is 0 Å². The molecule has 1 aliphatic rings. The third-order valence-electron chi connectivity index (χ3n) is 1.99. The molecule has 1 fully saturated rings. The summed E-state index contributed by atoms with van der Waals surface area (Å²) in [6, 6.07) is 0. The summed E-state index contributed by atoms with van der Waals surface area (Å²) in [5.41, 5.74) is 0.264. The summed E-state index contributed by atoms with van der Waals surface area (Å²) in [5.74, 6) is -1.18. The summed E-state index contributed by atoms with van der Waals surface area (Å²) in [6.45, 7) is 3.24. The van der Waals surface area contributed by atoms with E-state index in [1.54, 1.807) is 13.8 Å². The molecule has 68 valence electrons. The molecule has 0 bridgehead atoms. The first-order valence-corrected chi connectivity index (χ1v) is 4.05. The smallest absolute Gasteiger partial charge is 0.199 e. The minimum absolute atomic E-state index is 0.132. The van der Waals surface area contributed by atoms with Crippen LogP contribution in [0.4, 0.5) is 0 Å². The number of Topliss-reactive ketones (excluding diaryl/α,β-unsaturated/α-hetero) is 3. The molecule has 0 N–H and O–H groups in total. The van der Waals surface area contributed by atoms with Crippen LogP contribution in [-0.4, -0.2) is 17.3 Å². The molecule has 0 atom stereocenters. The Labute approximate surface area is 76.1 Å². The van der Waals surface area contributed by atoms with E-state index in [1.807, 2.05) is 0 Å². The highest BCUT2D eigenvalue weighted by atomic mass is 16.2. The zero-order chi connectivity index (χ0) is 10.0. The van der Waals surface area contributed by atoms with E-state index in [0.29, 0.717) is 0 Å². The van der Waals surface area contributed by atoms with Gasteiger partial charge >= 0.3 is 0 Å².